The number of amides is 1. The highest BCUT2D eigenvalue weighted by molar-refractivity contribution is 5.69. The number of carbonyl (C=O) groups is 1. The molecule has 0 aliphatic rings. The number of nitrogens with zero attached hydrogens (tertiary/aromatic N) is 1. The largest absolute Gasteiger partial charge is 0.444 e. The molecule has 4 nitrogen and oxygen atoms in total. The molecule has 1 rings (SSSR count). The highest BCUT2D eigenvalue weighted by Gasteiger charge is 2.25. The van der Waals surface area contributed by atoms with Crippen molar-refractivity contribution >= 4 is 6.09 Å². The summed E-state index contributed by atoms with van der Waals surface area (Å²) in [4.78, 5) is 15.7. The number of ether oxygens (including phenoxy) is 1. The average molecular weight is 236 g/mol. The third kappa shape index (κ3) is 4.43. The summed E-state index contributed by atoms with van der Waals surface area (Å²) >= 11 is 0. The van der Waals surface area contributed by atoms with Crippen LogP contribution in [0.15, 0.2) is 24.5 Å². The Bertz CT molecular complexity index is 380. The zero-order chi connectivity index (χ0) is 13.1. The van der Waals surface area contributed by atoms with Gasteiger partial charge in [-0.05, 0) is 52.3 Å². The van der Waals surface area contributed by atoms with Gasteiger partial charge in [-0.15, -0.1) is 0 Å². The molecule has 0 saturated carbocycles. The first-order valence-corrected chi connectivity index (χ1v) is 5.62. The van der Waals surface area contributed by atoms with Gasteiger partial charge in [0, 0.05) is 12.4 Å². The SMILES string of the molecule is CC(C)(C)OC(=O)NC(C)(C)c1ccncc1. The summed E-state index contributed by atoms with van der Waals surface area (Å²) in [6.45, 7) is 9.36. The van der Waals surface area contributed by atoms with E-state index in [9.17, 15) is 4.79 Å². The predicted octanol–water partition coefficient (Wildman–Crippen LogP) is 2.84. The zero-order valence-corrected chi connectivity index (χ0v) is 11.1. The molecular weight excluding hydrogens is 216 g/mol. The van der Waals surface area contributed by atoms with Crippen LogP contribution in [-0.2, 0) is 10.3 Å². The quantitative estimate of drug-likeness (QED) is 0.859. The molecule has 1 aromatic rings. The van der Waals surface area contributed by atoms with Crippen LogP contribution < -0.4 is 5.32 Å². The van der Waals surface area contributed by atoms with Crippen molar-refractivity contribution in [2.45, 2.75) is 45.8 Å². The Hall–Kier alpha value is -1.58. The summed E-state index contributed by atoms with van der Waals surface area (Å²) in [5.74, 6) is 0. The molecule has 0 aliphatic carbocycles. The predicted molar refractivity (Wildman–Crippen MR) is 66.6 cm³/mol. The highest BCUT2D eigenvalue weighted by atomic mass is 16.6. The van der Waals surface area contributed by atoms with E-state index in [1.165, 1.54) is 0 Å². The summed E-state index contributed by atoms with van der Waals surface area (Å²) in [6.07, 6.45) is 2.99. The zero-order valence-electron chi connectivity index (χ0n) is 11.1. The van der Waals surface area contributed by atoms with Crippen LogP contribution in [0.2, 0.25) is 0 Å². The minimum Gasteiger partial charge on any atom is -0.444 e. The van der Waals surface area contributed by atoms with Crippen molar-refractivity contribution < 1.29 is 9.53 Å². The van der Waals surface area contributed by atoms with E-state index >= 15 is 0 Å². The average Bonchev–Trinajstić information content (AvgIpc) is 2.15. The monoisotopic (exact) mass is 236 g/mol. The Morgan fingerprint density at radius 2 is 1.71 bits per heavy atom. The van der Waals surface area contributed by atoms with E-state index in [2.05, 4.69) is 10.3 Å². The third-order valence-corrected chi connectivity index (χ3v) is 2.22. The molecule has 0 aromatic carbocycles. The first kappa shape index (κ1) is 13.5. The maximum atomic E-state index is 11.7. The molecule has 0 unspecified atom stereocenters. The number of hydrogen-bond donors (Lipinski definition) is 1. The van der Waals surface area contributed by atoms with Gasteiger partial charge in [0.1, 0.15) is 5.60 Å². The topological polar surface area (TPSA) is 51.2 Å². The molecule has 1 heterocycles. The van der Waals surface area contributed by atoms with Crippen molar-refractivity contribution in [2.75, 3.05) is 0 Å². The number of rotatable bonds is 2. The van der Waals surface area contributed by atoms with Gasteiger partial charge in [0.15, 0.2) is 0 Å². The first-order valence-electron chi connectivity index (χ1n) is 5.62. The standard InChI is InChI=1S/C13H20N2O2/c1-12(2,3)17-11(16)15-13(4,5)10-6-8-14-9-7-10/h6-9H,1-5H3,(H,15,16). The lowest BCUT2D eigenvalue weighted by Crippen LogP contribution is -2.43. The summed E-state index contributed by atoms with van der Waals surface area (Å²) in [5.41, 5.74) is 0.0160. The highest BCUT2D eigenvalue weighted by Crippen LogP contribution is 2.19. The van der Waals surface area contributed by atoms with E-state index in [0.717, 1.165) is 5.56 Å². The van der Waals surface area contributed by atoms with E-state index in [4.69, 9.17) is 4.74 Å². The molecule has 0 bridgehead atoms. The Morgan fingerprint density at radius 1 is 1.18 bits per heavy atom. The van der Waals surface area contributed by atoms with Crippen LogP contribution in [0.1, 0.15) is 40.2 Å². The van der Waals surface area contributed by atoms with Crippen LogP contribution >= 0.6 is 0 Å². The van der Waals surface area contributed by atoms with E-state index < -0.39 is 17.2 Å². The molecule has 1 N–H and O–H groups in total. The van der Waals surface area contributed by atoms with Crippen LogP contribution in [0.5, 0.6) is 0 Å². The molecule has 0 fully saturated rings. The summed E-state index contributed by atoms with van der Waals surface area (Å²) in [7, 11) is 0. The lowest BCUT2D eigenvalue weighted by Gasteiger charge is -2.28. The molecule has 0 spiro atoms. The first-order chi connectivity index (χ1) is 7.71. The van der Waals surface area contributed by atoms with Gasteiger partial charge < -0.3 is 10.1 Å². The van der Waals surface area contributed by atoms with Crippen molar-refractivity contribution in [1.29, 1.82) is 0 Å². The second kappa shape index (κ2) is 4.73. The minimum atomic E-state index is -0.488. The van der Waals surface area contributed by atoms with E-state index in [0.29, 0.717) is 0 Å². The molecule has 1 amide bonds. The van der Waals surface area contributed by atoms with Gasteiger partial charge in [-0.2, -0.15) is 0 Å². The van der Waals surface area contributed by atoms with Gasteiger partial charge in [0.05, 0.1) is 5.54 Å². The fraction of sp³-hybridized carbons (Fsp3) is 0.538. The van der Waals surface area contributed by atoms with Gasteiger partial charge in [-0.3, -0.25) is 4.98 Å². The van der Waals surface area contributed by atoms with Crippen LogP contribution in [-0.4, -0.2) is 16.7 Å². The van der Waals surface area contributed by atoms with Crippen LogP contribution in [0, 0.1) is 0 Å². The van der Waals surface area contributed by atoms with Gasteiger partial charge in [0.2, 0.25) is 0 Å². The molecule has 17 heavy (non-hydrogen) atoms. The molecule has 0 atom stereocenters. The van der Waals surface area contributed by atoms with Gasteiger partial charge in [-0.1, -0.05) is 0 Å². The van der Waals surface area contributed by atoms with Gasteiger partial charge in [-0.25, -0.2) is 4.79 Å². The number of carbonyl (C=O) groups excluding carboxylic acids is 1. The van der Waals surface area contributed by atoms with Crippen LogP contribution in [0.25, 0.3) is 0 Å². The fourth-order valence-electron chi connectivity index (χ4n) is 1.40. The maximum absolute atomic E-state index is 11.7. The maximum Gasteiger partial charge on any atom is 0.408 e. The molecule has 4 heteroatoms. The lowest BCUT2D eigenvalue weighted by atomic mass is 9.96. The van der Waals surface area contributed by atoms with Crippen molar-refractivity contribution in [2.24, 2.45) is 0 Å². The Labute approximate surface area is 102 Å². The summed E-state index contributed by atoms with van der Waals surface area (Å²) < 4.78 is 5.23. The normalized spacial score (nSPS) is 12.1. The molecular formula is C13H20N2O2. The van der Waals surface area contributed by atoms with E-state index in [-0.39, 0.29) is 0 Å². The van der Waals surface area contributed by atoms with Crippen LogP contribution in [0.3, 0.4) is 0 Å². The Morgan fingerprint density at radius 3 is 2.18 bits per heavy atom. The lowest BCUT2D eigenvalue weighted by molar-refractivity contribution is 0.0470. The minimum absolute atomic E-state index is 0.417. The number of nitrogens with one attached hydrogen (secondary N) is 1. The number of alkyl carbamates (subject to hydrolysis) is 1. The van der Waals surface area contributed by atoms with Crippen molar-refractivity contribution in [3.63, 3.8) is 0 Å². The number of aromatic nitrogens is 1. The fourth-order valence-corrected chi connectivity index (χ4v) is 1.40. The van der Waals surface area contributed by atoms with Crippen molar-refractivity contribution in [3.05, 3.63) is 30.1 Å². The number of hydrogen-bond acceptors (Lipinski definition) is 3. The Kier molecular flexibility index (Phi) is 3.76. The summed E-state index contributed by atoms with van der Waals surface area (Å²) in [5, 5.41) is 2.84. The van der Waals surface area contributed by atoms with Gasteiger partial charge in [0.25, 0.3) is 0 Å². The van der Waals surface area contributed by atoms with Crippen molar-refractivity contribution in [3.8, 4) is 0 Å². The molecule has 0 radical (unpaired) electrons. The second-order valence-electron chi connectivity index (χ2n) is 5.49. The Balaban J connectivity index is 2.71. The second-order valence-corrected chi connectivity index (χ2v) is 5.49. The molecule has 94 valence electrons. The molecule has 0 aliphatic heterocycles. The molecule has 1 aromatic heterocycles. The molecule has 0 saturated heterocycles. The third-order valence-electron chi connectivity index (χ3n) is 2.22. The summed E-state index contributed by atoms with van der Waals surface area (Å²) in [6, 6.07) is 3.74. The van der Waals surface area contributed by atoms with E-state index in [1.54, 1.807) is 12.4 Å². The van der Waals surface area contributed by atoms with Crippen molar-refractivity contribution in [1.82, 2.24) is 10.3 Å². The van der Waals surface area contributed by atoms with Crippen LogP contribution in [0.4, 0.5) is 4.79 Å². The van der Waals surface area contributed by atoms with E-state index in [1.807, 2.05) is 46.8 Å². The number of pyridine rings is 1. The van der Waals surface area contributed by atoms with Gasteiger partial charge >= 0.3 is 6.09 Å². The smallest absolute Gasteiger partial charge is 0.408 e.